The summed E-state index contributed by atoms with van der Waals surface area (Å²) in [5.41, 5.74) is 0. The first-order valence-corrected chi connectivity index (χ1v) is 5.55. The Kier molecular flexibility index (Phi) is 5.12. The smallest absolute Gasteiger partial charge is 0.140 e. The molecular weight excluding hydrogens is 178 g/mol. The Labute approximate surface area is 86.2 Å². The first kappa shape index (κ1) is 11.7. The van der Waals surface area contributed by atoms with E-state index >= 15 is 0 Å². The summed E-state index contributed by atoms with van der Waals surface area (Å²) < 4.78 is 5.26. The summed E-state index contributed by atoms with van der Waals surface area (Å²) in [4.78, 5) is 12.0. The second kappa shape index (κ2) is 6.14. The van der Waals surface area contributed by atoms with Gasteiger partial charge in [-0.15, -0.1) is 0 Å². The Morgan fingerprint density at radius 3 is 2.64 bits per heavy atom. The molecule has 0 spiro atoms. The van der Waals surface area contributed by atoms with E-state index in [-0.39, 0.29) is 11.8 Å². The molecule has 0 aromatic heterocycles. The lowest BCUT2D eigenvalue weighted by molar-refractivity contribution is -0.129. The zero-order valence-electron chi connectivity index (χ0n) is 9.21. The van der Waals surface area contributed by atoms with Gasteiger partial charge in [0.1, 0.15) is 5.78 Å². The molecular formula is C11H21NO2. The second-order valence-corrected chi connectivity index (χ2v) is 3.95. The molecule has 1 aliphatic heterocycles. The van der Waals surface area contributed by atoms with E-state index in [0.29, 0.717) is 5.78 Å². The van der Waals surface area contributed by atoms with Gasteiger partial charge in [-0.2, -0.15) is 0 Å². The summed E-state index contributed by atoms with van der Waals surface area (Å²) in [6, 6.07) is 0. The van der Waals surface area contributed by atoms with Crippen LogP contribution in [0.1, 0.15) is 26.2 Å². The van der Waals surface area contributed by atoms with E-state index in [2.05, 4.69) is 12.2 Å². The molecule has 1 atom stereocenters. The van der Waals surface area contributed by atoms with Crippen LogP contribution in [0.5, 0.6) is 0 Å². The topological polar surface area (TPSA) is 38.3 Å². The van der Waals surface area contributed by atoms with Crippen molar-refractivity contribution in [3.05, 3.63) is 0 Å². The molecule has 0 saturated carbocycles. The molecule has 1 rings (SSSR count). The van der Waals surface area contributed by atoms with Gasteiger partial charge < -0.3 is 10.1 Å². The van der Waals surface area contributed by atoms with Crippen LogP contribution in [0.25, 0.3) is 0 Å². The van der Waals surface area contributed by atoms with E-state index in [4.69, 9.17) is 4.74 Å². The van der Waals surface area contributed by atoms with Crippen molar-refractivity contribution in [2.45, 2.75) is 26.2 Å². The van der Waals surface area contributed by atoms with Crippen LogP contribution in [0.4, 0.5) is 0 Å². The lowest BCUT2D eigenvalue weighted by Crippen LogP contribution is -2.33. The maximum Gasteiger partial charge on any atom is 0.140 e. The zero-order chi connectivity index (χ0) is 10.4. The fraction of sp³-hybridized carbons (Fsp3) is 0.909. The molecule has 1 aliphatic rings. The van der Waals surface area contributed by atoms with Crippen molar-refractivity contribution in [1.29, 1.82) is 0 Å². The summed E-state index contributed by atoms with van der Waals surface area (Å²) in [6.07, 6.45) is 2.77. The minimum atomic E-state index is 0.197. The van der Waals surface area contributed by atoms with Gasteiger partial charge in [0.2, 0.25) is 0 Å². The predicted molar refractivity (Wildman–Crippen MR) is 56.3 cm³/mol. The van der Waals surface area contributed by atoms with Crippen molar-refractivity contribution in [2.24, 2.45) is 11.8 Å². The highest BCUT2D eigenvalue weighted by Gasteiger charge is 2.26. The predicted octanol–water partition coefficient (Wildman–Crippen LogP) is 1.23. The number of hydrogen-bond acceptors (Lipinski definition) is 3. The van der Waals surface area contributed by atoms with E-state index in [9.17, 15) is 4.79 Å². The molecule has 1 N–H and O–H groups in total. The SMILES string of the molecule is CCC(CNC)C(=O)C1CCOCC1. The third-order valence-corrected chi connectivity index (χ3v) is 2.97. The highest BCUT2D eigenvalue weighted by molar-refractivity contribution is 5.83. The highest BCUT2D eigenvalue weighted by Crippen LogP contribution is 2.20. The van der Waals surface area contributed by atoms with E-state index in [1.54, 1.807) is 0 Å². The normalized spacial score (nSPS) is 20.7. The third-order valence-electron chi connectivity index (χ3n) is 2.97. The molecule has 3 nitrogen and oxygen atoms in total. The van der Waals surface area contributed by atoms with Crippen LogP contribution in [-0.4, -0.2) is 32.6 Å². The molecule has 0 aliphatic carbocycles. The Bertz CT molecular complexity index is 169. The third kappa shape index (κ3) is 3.07. The number of rotatable bonds is 5. The summed E-state index contributed by atoms with van der Waals surface area (Å²) in [5, 5.41) is 3.09. The number of carbonyl (C=O) groups is 1. The molecule has 0 bridgehead atoms. The molecule has 1 heterocycles. The molecule has 0 aromatic carbocycles. The van der Waals surface area contributed by atoms with Gasteiger partial charge in [-0.05, 0) is 26.3 Å². The Balaban J connectivity index is 2.43. The Morgan fingerprint density at radius 2 is 2.14 bits per heavy atom. The van der Waals surface area contributed by atoms with E-state index < -0.39 is 0 Å². The van der Waals surface area contributed by atoms with Gasteiger partial charge in [-0.25, -0.2) is 0 Å². The van der Waals surface area contributed by atoms with E-state index in [1.165, 1.54) is 0 Å². The number of ketones is 1. The van der Waals surface area contributed by atoms with Gasteiger partial charge in [0, 0.05) is 31.6 Å². The number of hydrogen-bond donors (Lipinski definition) is 1. The summed E-state index contributed by atoms with van der Waals surface area (Å²) in [5.74, 6) is 0.885. The van der Waals surface area contributed by atoms with E-state index in [0.717, 1.165) is 39.0 Å². The standard InChI is InChI=1S/C11H21NO2/c1-3-9(8-12-2)11(13)10-4-6-14-7-5-10/h9-10,12H,3-8H2,1-2H3. The van der Waals surface area contributed by atoms with Gasteiger partial charge in [0.25, 0.3) is 0 Å². The maximum atomic E-state index is 12.0. The Morgan fingerprint density at radius 1 is 1.50 bits per heavy atom. The molecule has 82 valence electrons. The van der Waals surface area contributed by atoms with Crippen molar-refractivity contribution in [3.63, 3.8) is 0 Å². The minimum Gasteiger partial charge on any atom is -0.381 e. The molecule has 0 radical (unpaired) electrons. The first-order chi connectivity index (χ1) is 6.79. The molecule has 0 aromatic rings. The number of nitrogens with one attached hydrogen (secondary N) is 1. The number of carbonyl (C=O) groups excluding carboxylic acids is 1. The van der Waals surface area contributed by atoms with Gasteiger partial charge in [0.05, 0.1) is 0 Å². The van der Waals surface area contributed by atoms with Crippen LogP contribution >= 0.6 is 0 Å². The first-order valence-electron chi connectivity index (χ1n) is 5.55. The van der Waals surface area contributed by atoms with Crippen LogP contribution in [0, 0.1) is 11.8 Å². The molecule has 14 heavy (non-hydrogen) atoms. The average Bonchev–Trinajstić information content (AvgIpc) is 2.26. The van der Waals surface area contributed by atoms with Crippen molar-refractivity contribution >= 4 is 5.78 Å². The maximum absolute atomic E-state index is 12.0. The molecule has 1 fully saturated rings. The highest BCUT2D eigenvalue weighted by atomic mass is 16.5. The van der Waals surface area contributed by atoms with Crippen molar-refractivity contribution in [1.82, 2.24) is 5.32 Å². The number of ether oxygens (including phenoxy) is 1. The summed E-state index contributed by atoms with van der Waals surface area (Å²) in [7, 11) is 1.90. The van der Waals surface area contributed by atoms with Gasteiger partial charge in [-0.3, -0.25) is 4.79 Å². The van der Waals surface area contributed by atoms with Crippen LogP contribution < -0.4 is 5.32 Å². The molecule has 0 amide bonds. The fourth-order valence-electron chi connectivity index (χ4n) is 2.01. The lowest BCUT2D eigenvalue weighted by Gasteiger charge is -2.24. The summed E-state index contributed by atoms with van der Waals surface area (Å²) in [6.45, 7) is 4.41. The van der Waals surface area contributed by atoms with Crippen molar-refractivity contribution < 1.29 is 9.53 Å². The molecule has 1 saturated heterocycles. The lowest BCUT2D eigenvalue weighted by atomic mass is 9.86. The fourth-order valence-corrected chi connectivity index (χ4v) is 2.01. The van der Waals surface area contributed by atoms with E-state index in [1.807, 2.05) is 7.05 Å². The van der Waals surface area contributed by atoms with Crippen molar-refractivity contribution in [3.8, 4) is 0 Å². The zero-order valence-corrected chi connectivity index (χ0v) is 9.21. The van der Waals surface area contributed by atoms with Crippen molar-refractivity contribution in [2.75, 3.05) is 26.8 Å². The van der Waals surface area contributed by atoms with Gasteiger partial charge in [-0.1, -0.05) is 6.92 Å². The van der Waals surface area contributed by atoms with Crippen LogP contribution in [0.2, 0.25) is 0 Å². The van der Waals surface area contributed by atoms with Gasteiger partial charge >= 0.3 is 0 Å². The monoisotopic (exact) mass is 199 g/mol. The largest absolute Gasteiger partial charge is 0.381 e. The minimum absolute atomic E-state index is 0.197. The summed E-state index contributed by atoms with van der Waals surface area (Å²) >= 11 is 0. The average molecular weight is 199 g/mol. The van der Waals surface area contributed by atoms with Gasteiger partial charge in [0.15, 0.2) is 0 Å². The Hall–Kier alpha value is -0.410. The van der Waals surface area contributed by atoms with Crippen LogP contribution in [0.3, 0.4) is 0 Å². The second-order valence-electron chi connectivity index (χ2n) is 3.95. The molecule has 1 unspecified atom stereocenters. The quantitative estimate of drug-likeness (QED) is 0.723. The van der Waals surface area contributed by atoms with Crippen LogP contribution in [-0.2, 0) is 9.53 Å². The number of Topliss-reactive ketones (excluding diaryl/α,β-unsaturated/α-hetero) is 1. The molecule has 3 heteroatoms. The van der Waals surface area contributed by atoms with Crippen LogP contribution in [0.15, 0.2) is 0 Å².